The highest BCUT2D eigenvalue weighted by atomic mass is 32.1. The highest BCUT2D eigenvalue weighted by Gasteiger charge is 2.23. The molecule has 0 spiro atoms. The Kier molecular flexibility index (Phi) is 6.39. The topological polar surface area (TPSA) is 62.7 Å². The van der Waals surface area contributed by atoms with Crippen LogP contribution in [0, 0.1) is 5.82 Å². The molecule has 1 saturated heterocycles. The fourth-order valence-corrected chi connectivity index (χ4v) is 4.87. The number of carbonyl (C=O) groups excluding carboxylic acids is 2. The number of rotatable bonds is 6. The molecule has 6 nitrogen and oxygen atoms in total. The lowest BCUT2D eigenvalue weighted by Crippen LogP contribution is -2.50. The van der Waals surface area contributed by atoms with Crippen molar-refractivity contribution in [3.63, 3.8) is 0 Å². The van der Waals surface area contributed by atoms with Gasteiger partial charge in [-0.3, -0.25) is 9.59 Å². The van der Waals surface area contributed by atoms with E-state index in [1.54, 1.807) is 34.4 Å². The first kappa shape index (κ1) is 20.5. The Hall–Kier alpha value is -2.78. The summed E-state index contributed by atoms with van der Waals surface area (Å²) in [5.41, 5.74) is 1.18. The standard InChI is InChI=1S/C21H20FN3O3S2/c22-16-4-1-2-5-17(16)24-7-9-25(10-8-24)19(26)13-28-20(27)12-15-14-30-21(23-15)18-6-3-11-29-18/h1-6,11,14H,7-10,12-13H2. The molecular weight excluding hydrogens is 425 g/mol. The van der Waals surface area contributed by atoms with Gasteiger partial charge in [-0.05, 0) is 23.6 Å². The van der Waals surface area contributed by atoms with E-state index < -0.39 is 5.97 Å². The summed E-state index contributed by atoms with van der Waals surface area (Å²) in [7, 11) is 0. The zero-order valence-electron chi connectivity index (χ0n) is 16.1. The van der Waals surface area contributed by atoms with Crippen LogP contribution in [0.4, 0.5) is 10.1 Å². The van der Waals surface area contributed by atoms with Gasteiger partial charge in [-0.15, -0.1) is 22.7 Å². The molecular formula is C21H20FN3O3S2. The van der Waals surface area contributed by atoms with Crippen LogP contribution >= 0.6 is 22.7 Å². The van der Waals surface area contributed by atoms with E-state index >= 15 is 0 Å². The molecule has 1 aromatic carbocycles. The van der Waals surface area contributed by atoms with Gasteiger partial charge in [0.1, 0.15) is 10.8 Å². The fraction of sp³-hybridized carbons (Fsp3) is 0.286. The molecule has 0 aliphatic carbocycles. The average Bonchev–Trinajstić information content (AvgIpc) is 3.44. The van der Waals surface area contributed by atoms with Crippen LogP contribution in [0.25, 0.3) is 9.88 Å². The molecule has 156 valence electrons. The van der Waals surface area contributed by atoms with E-state index in [0.29, 0.717) is 37.6 Å². The third-order valence-corrected chi connectivity index (χ3v) is 6.72. The van der Waals surface area contributed by atoms with Crippen molar-refractivity contribution in [3.05, 3.63) is 58.7 Å². The van der Waals surface area contributed by atoms with Crippen molar-refractivity contribution in [3.8, 4) is 9.88 Å². The third kappa shape index (κ3) is 4.85. The van der Waals surface area contributed by atoms with E-state index in [-0.39, 0.29) is 24.8 Å². The zero-order chi connectivity index (χ0) is 20.9. The number of amides is 1. The number of thiophene rings is 1. The van der Waals surface area contributed by atoms with Gasteiger partial charge in [0.15, 0.2) is 6.61 Å². The monoisotopic (exact) mass is 445 g/mol. The Morgan fingerprint density at radius 1 is 1.07 bits per heavy atom. The summed E-state index contributed by atoms with van der Waals surface area (Å²) in [5, 5.41) is 4.68. The van der Waals surface area contributed by atoms with Crippen molar-refractivity contribution < 1.29 is 18.7 Å². The van der Waals surface area contributed by atoms with Gasteiger partial charge in [-0.25, -0.2) is 9.37 Å². The maximum Gasteiger partial charge on any atom is 0.312 e. The van der Waals surface area contributed by atoms with Crippen LogP contribution in [0.2, 0.25) is 0 Å². The summed E-state index contributed by atoms with van der Waals surface area (Å²) in [6, 6.07) is 10.5. The SMILES string of the molecule is O=C(Cc1csc(-c2cccs2)n1)OCC(=O)N1CCN(c2ccccc2F)CC1. The Labute approximate surface area is 181 Å². The van der Waals surface area contributed by atoms with Gasteiger partial charge in [0.05, 0.1) is 22.7 Å². The second-order valence-corrected chi connectivity index (χ2v) is 8.58. The number of halogens is 1. The second kappa shape index (κ2) is 9.36. The maximum absolute atomic E-state index is 13.9. The minimum Gasteiger partial charge on any atom is -0.455 e. The fourth-order valence-electron chi connectivity index (χ4n) is 3.24. The number of anilines is 1. The van der Waals surface area contributed by atoms with Crippen LogP contribution in [0.1, 0.15) is 5.69 Å². The maximum atomic E-state index is 13.9. The number of carbonyl (C=O) groups is 2. The molecule has 1 fully saturated rings. The van der Waals surface area contributed by atoms with E-state index in [9.17, 15) is 14.0 Å². The summed E-state index contributed by atoms with van der Waals surface area (Å²) in [5.74, 6) is -0.985. The van der Waals surface area contributed by atoms with Crippen LogP contribution in [0.3, 0.4) is 0 Å². The normalized spacial score (nSPS) is 14.0. The third-order valence-electron chi connectivity index (χ3n) is 4.79. The number of aromatic nitrogens is 1. The number of esters is 1. The van der Waals surface area contributed by atoms with Gasteiger partial charge in [0, 0.05) is 31.6 Å². The molecule has 2 aromatic heterocycles. The summed E-state index contributed by atoms with van der Waals surface area (Å²) in [4.78, 5) is 33.5. The van der Waals surface area contributed by atoms with Crippen LogP contribution in [0.15, 0.2) is 47.2 Å². The summed E-state index contributed by atoms with van der Waals surface area (Å²) in [6.45, 7) is 1.69. The molecule has 4 rings (SSSR count). The van der Waals surface area contributed by atoms with Crippen LogP contribution in [-0.4, -0.2) is 54.5 Å². The number of para-hydroxylation sites is 1. The first-order valence-electron chi connectivity index (χ1n) is 9.51. The highest BCUT2D eigenvalue weighted by Crippen LogP contribution is 2.28. The molecule has 3 heterocycles. The van der Waals surface area contributed by atoms with Gasteiger partial charge in [-0.2, -0.15) is 0 Å². The van der Waals surface area contributed by atoms with Crippen molar-refractivity contribution in [1.82, 2.24) is 9.88 Å². The second-order valence-electron chi connectivity index (χ2n) is 6.78. The van der Waals surface area contributed by atoms with Crippen LogP contribution in [-0.2, 0) is 20.7 Å². The molecule has 1 aliphatic heterocycles. The smallest absolute Gasteiger partial charge is 0.312 e. The number of hydrogen-bond acceptors (Lipinski definition) is 7. The van der Waals surface area contributed by atoms with Crippen molar-refractivity contribution in [1.29, 1.82) is 0 Å². The first-order valence-corrected chi connectivity index (χ1v) is 11.3. The minimum atomic E-state index is -0.476. The largest absolute Gasteiger partial charge is 0.455 e. The van der Waals surface area contributed by atoms with Crippen LogP contribution < -0.4 is 4.90 Å². The highest BCUT2D eigenvalue weighted by molar-refractivity contribution is 7.20. The molecule has 3 aromatic rings. The number of thiazole rings is 1. The predicted molar refractivity (Wildman–Crippen MR) is 115 cm³/mol. The van der Waals surface area contributed by atoms with Crippen molar-refractivity contribution in [2.75, 3.05) is 37.7 Å². The number of hydrogen-bond donors (Lipinski definition) is 0. The lowest BCUT2D eigenvalue weighted by Gasteiger charge is -2.36. The van der Waals surface area contributed by atoms with Gasteiger partial charge < -0.3 is 14.5 Å². The number of nitrogens with zero attached hydrogens (tertiary/aromatic N) is 3. The minimum absolute atomic E-state index is 0.0379. The molecule has 0 unspecified atom stereocenters. The Morgan fingerprint density at radius 2 is 1.87 bits per heavy atom. The van der Waals surface area contributed by atoms with E-state index in [0.717, 1.165) is 9.88 Å². The predicted octanol–water partition coefficient (Wildman–Crippen LogP) is 3.45. The average molecular weight is 446 g/mol. The quantitative estimate of drug-likeness (QED) is 0.544. The number of benzene rings is 1. The zero-order valence-corrected chi connectivity index (χ0v) is 17.8. The van der Waals surface area contributed by atoms with E-state index in [1.807, 2.05) is 27.8 Å². The Bertz CT molecular complexity index is 1010. The van der Waals surface area contributed by atoms with E-state index in [2.05, 4.69) is 4.98 Å². The van der Waals surface area contributed by atoms with Gasteiger partial charge in [-0.1, -0.05) is 18.2 Å². The summed E-state index contributed by atoms with van der Waals surface area (Å²) in [6.07, 6.45) is 0.0379. The summed E-state index contributed by atoms with van der Waals surface area (Å²) >= 11 is 3.08. The molecule has 0 bridgehead atoms. The summed E-state index contributed by atoms with van der Waals surface area (Å²) < 4.78 is 19.1. The molecule has 9 heteroatoms. The van der Waals surface area contributed by atoms with E-state index in [1.165, 1.54) is 17.4 Å². The Balaban J connectivity index is 1.22. The molecule has 1 amide bonds. The first-order chi connectivity index (χ1) is 14.6. The molecule has 0 N–H and O–H groups in total. The molecule has 0 atom stereocenters. The molecule has 0 radical (unpaired) electrons. The lowest BCUT2D eigenvalue weighted by molar-refractivity contribution is -0.151. The molecule has 1 aliphatic rings. The van der Waals surface area contributed by atoms with Crippen LogP contribution in [0.5, 0.6) is 0 Å². The Morgan fingerprint density at radius 3 is 2.60 bits per heavy atom. The van der Waals surface area contributed by atoms with E-state index in [4.69, 9.17) is 4.74 Å². The van der Waals surface area contributed by atoms with Crippen molar-refractivity contribution in [2.24, 2.45) is 0 Å². The molecule has 0 saturated carbocycles. The van der Waals surface area contributed by atoms with Gasteiger partial charge >= 0.3 is 5.97 Å². The lowest BCUT2D eigenvalue weighted by atomic mass is 10.2. The van der Waals surface area contributed by atoms with Gasteiger partial charge in [0.2, 0.25) is 0 Å². The molecule has 30 heavy (non-hydrogen) atoms. The number of piperazine rings is 1. The van der Waals surface area contributed by atoms with Crippen molar-refractivity contribution >= 4 is 40.2 Å². The van der Waals surface area contributed by atoms with Gasteiger partial charge in [0.25, 0.3) is 5.91 Å². The van der Waals surface area contributed by atoms with Crippen molar-refractivity contribution in [2.45, 2.75) is 6.42 Å². The number of ether oxygens (including phenoxy) is 1.